The molecule has 0 unspecified atom stereocenters. The van der Waals surface area contributed by atoms with Crippen LogP contribution in [0.4, 0.5) is 5.82 Å². The van der Waals surface area contributed by atoms with Gasteiger partial charge in [-0.2, -0.15) is 0 Å². The lowest BCUT2D eigenvalue weighted by atomic mass is 9.85. The molecule has 0 aliphatic heterocycles. The van der Waals surface area contributed by atoms with Crippen LogP contribution in [-0.2, 0) is 5.54 Å². The summed E-state index contributed by atoms with van der Waals surface area (Å²) in [5.74, 6) is 0.792. The number of anilines is 1. The van der Waals surface area contributed by atoms with Gasteiger partial charge >= 0.3 is 0 Å². The summed E-state index contributed by atoms with van der Waals surface area (Å²) >= 11 is 5.57. The molecule has 0 radical (unpaired) electrons. The van der Waals surface area contributed by atoms with Crippen molar-refractivity contribution in [3.05, 3.63) is 59.3 Å². The fourth-order valence-electron chi connectivity index (χ4n) is 3.52. The zero-order chi connectivity index (χ0) is 16.3. The quantitative estimate of drug-likeness (QED) is 0.817. The third-order valence-corrected chi connectivity index (χ3v) is 4.83. The Labute approximate surface area is 143 Å². The Morgan fingerprint density at radius 2 is 1.87 bits per heavy atom. The van der Waals surface area contributed by atoms with Gasteiger partial charge in [-0.15, -0.1) is 0 Å². The lowest BCUT2D eigenvalue weighted by Crippen LogP contribution is -2.46. The molecule has 1 aromatic heterocycles. The molecular formula is C19H23N3S. The van der Waals surface area contributed by atoms with Crippen molar-refractivity contribution in [2.24, 2.45) is 0 Å². The summed E-state index contributed by atoms with van der Waals surface area (Å²) in [6.45, 7) is 4.23. The largest absolute Gasteiger partial charge is 0.353 e. The van der Waals surface area contributed by atoms with Crippen LogP contribution in [0.5, 0.6) is 0 Å². The molecule has 1 fully saturated rings. The molecule has 0 spiro atoms. The van der Waals surface area contributed by atoms with E-state index in [0.29, 0.717) is 5.11 Å². The van der Waals surface area contributed by atoms with Crippen LogP contribution in [0.25, 0.3) is 0 Å². The van der Waals surface area contributed by atoms with E-state index in [2.05, 4.69) is 53.7 Å². The molecule has 1 saturated carbocycles. The van der Waals surface area contributed by atoms with Gasteiger partial charge in [-0.05, 0) is 67.7 Å². The number of benzene rings is 1. The Morgan fingerprint density at radius 3 is 2.57 bits per heavy atom. The summed E-state index contributed by atoms with van der Waals surface area (Å²) in [5, 5.41) is 7.48. The van der Waals surface area contributed by atoms with E-state index in [0.717, 1.165) is 18.7 Å². The van der Waals surface area contributed by atoms with Gasteiger partial charge in [-0.25, -0.2) is 4.98 Å². The van der Waals surface area contributed by atoms with E-state index in [1.54, 1.807) is 6.20 Å². The zero-order valence-electron chi connectivity index (χ0n) is 13.7. The maximum atomic E-state index is 5.57. The summed E-state index contributed by atoms with van der Waals surface area (Å²) in [5.41, 5.74) is 3.79. The van der Waals surface area contributed by atoms with Crippen LogP contribution in [0.15, 0.2) is 42.6 Å². The van der Waals surface area contributed by atoms with Gasteiger partial charge in [0.15, 0.2) is 5.11 Å². The Balaban J connectivity index is 1.80. The van der Waals surface area contributed by atoms with Crippen LogP contribution in [0.1, 0.15) is 42.4 Å². The summed E-state index contributed by atoms with van der Waals surface area (Å²) < 4.78 is 0. The molecule has 1 aliphatic rings. The summed E-state index contributed by atoms with van der Waals surface area (Å²) in [6, 6.07) is 12.6. The van der Waals surface area contributed by atoms with Crippen LogP contribution in [0.2, 0.25) is 0 Å². The molecule has 3 nitrogen and oxygen atoms in total. The molecule has 120 valence electrons. The average molecular weight is 325 g/mol. The number of hydrogen-bond acceptors (Lipinski definition) is 2. The van der Waals surface area contributed by atoms with Crippen molar-refractivity contribution in [2.75, 3.05) is 5.32 Å². The van der Waals surface area contributed by atoms with E-state index in [1.165, 1.54) is 29.5 Å². The first-order valence-electron chi connectivity index (χ1n) is 8.17. The molecule has 0 saturated heterocycles. The van der Waals surface area contributed by atoms with Crippen LogP contribution in [0, 0.1) is 13.8 Å². The smallest absolute Gasteiger partial charge is 0.172 e. The SMILES string of the molecule is Cc1ccnc(NC(=S)NC2(c3ccccc3C)CCCC2)c1. The van der Waals surface area contributed by atoms with Crippen molar-refractivity contribution >= 4 is 23.1 Å². The van der Waals surface area contributed by atoms with Crippen molar-refractivity contribution in [1.82, 2.24) is 10.3 Å². The van der Waals surface area contributed by atoms with E-state index in [-0.39, 0.29) is 5.54 Å². The Hall–Kier alpha value is -1.94. The van der Waals surface area contributed by atoms with Gasteiger partial charge in [0.2, 0.25) is 0 Å². The fraction of sp³-hybridized carbons (Fsp3) is 0.368. The second kappa shape index (κ2) is 6.67. The number of hydrogen-bond donors (Lipinski definition) is 2. The molecule has 1 aliphatic carbocycles. The van der Waals surface area contributed by atoms with Crippen molar-refractivity contribution < 1.29 is 0 Å². The number of nitrogens with one attached hydrogen (secondary N) is 2. The Kier molecular flexibility index (Phi) is 4.62. The molecule has 1 aromatic carbocycles. The van der Waals surface area contributed by atoms with Crippen LogP contribution < -0.4 is 10.6 Å². The number of aryl methyl sites for hydroxylation is 2. The first-order chi connectivity index (χ1) is 11.1. The van der Waals surface area contributed by atoms with Gasteiger partial charge in [-0.3, -0.25) is 0 Å². The first kappa shape index (κ1) is 15.9. The monoisotopic (exact) mass is 325 g/mol. The standard InChI is InChI=1S/C19H23N3S/c1-14-9-12-20-17(13-14)21-18(23)22-19(10-5-6-11-19)16-8-4-3-7-15(16)2/h3-4,7-9,12-13H,5-6,10-11H2,1-2H3,(H2,20,21,22,23). The minimum absolute atomic E-state index is 0.0563. The third kappa shape index (κ3) is 3.53. The van der Waals surface area contributed by atoms with E-state index in [4.69, 9.17) is 12.2 Å². The van der Waals surface area contributed by atoms with Gasteiger partial charge in [0.1, 0.15) is 5.82 Å². The topological polar surface area (TPSA) is 37.0 Å². The zero-order valence-corrected chi connectivity index (χ0v) is 14.5. The Morgan fingerprint density at radius 1 is 1.13 bits per heavy atom. The minimum Gasteiger partial charge on any atom is -0.353 e. The van der Waals surface area contributed by atoms with Crippen molar-refractivity contribution in [1.29, 1.82) is 0 Å². The second-order valence-electron chi connectivity index (χ2n) is 6.40. The highest BCUT2D eigenvalue weighted by Gasteiger charge is 2.37. The molecule has 1 heterocycles. The third-order valence-electron chi connectivity index (χ3n) is 4.63. The minimum atomic E-state index is -0.0563. The van der Waals surface area contributed by atoms with Crippen molar-refractivity contribution in [3.63, 3.8) is 0 Å². The number of aromatic nitrogens is 1. The van der Waals surface area contributed by atoms with Crippen molar-refractivity contribution in [3.8, 4) is 0 Å². The molecule has 2 N–H and O–H groups in total. The van der Waals surface area contributed by atoms with Crippen LogP contribution in [0.3, 0.4) is 0 Å². The van der Waals surface area contributed by atoms with E-state index in [9.17, 15) is 0 Å². The van der Waals surface area contributed by atoms with Gasteiger partial charge in [-0.1, -0.05) is 37.1 Å². The highest BCUT2D eigenvalue weighted by molar-refractivity contribution is 7.80. The fourth-order valence-corrected chi connectivity index (χ4v) is 3.82. The molecule has 0 amide bonds. The molecular weight excluding hydrogens is 302 g/mol. The van der Waals surface area contributed by atoms with Gasteiger partial charge in [0, 0.05) is 6.20 Å². The highest BCUT2D eigenvalue weighted by Crippen LogP contribution is 2.40. The molecule has 23 heavy (non-hydrogen) atoms. The second-order valence-corrected chi connectivity index (χ2v) is 6.81. The van der Waals surface area contributed by atoms with E-state index >= 15 is 0 Å². The number of rotatable bonds is 3. The summed E-state index contributed by atoms with van der Waals surface area (Å²) in [4.78, 5) is 4.33. The number of nitrogens with zero attached hydrogens (tertiary/aromatic N) is 1. The Bertz CT molecular complexity index is 705. The van der Waals surface area contributed by atoms with E-state index < -0.39 is 0 Å². The maximum Gasteiger partial charge on any atom is 0.172 e. The van der Waals surface area contributed by atoms with Gasteiger partial charge in [0.05, 0.1) is 5.54 Å². The molecule has 0 bridgehead atoms. The van der Waals surface area contributed by atoms with Crippen molar-refractivity contribution in [2.45, 2.75) is 45.1 Å². The molecule has 0 atom stereocenters. The predicted octanol–water partition coefficient (Wildman–Crippen LogP) is 4.45. The van der Waals surface area contributed by atoms with Crippen LogP contribution in [-0.4, -0.2) is 10.1 Å². The van der Waals surface area contributed by atoms with Crippen LogP contribution >= 0.6 is 12.2 Å². The predicted molar refractivity (Wildman–Crippen MR) is 99.7 cm³/mol. The molecule has 2 aromatic rings. The number of thiocarbonyl (C=S) groups is 1. The van der Waals surface area contributed by atoms with E-state index in [1.807, 2.05) is 12.1 Å². The molecule has 4 heteroatoms. The van der Waals surface area contributed by atoms with Gasteiger partial charge < -0.3 is 10.6 Å². The summed E-state index contributed by atoms with van der Waals surface area (Å²) in [6.07, 6.45) is 6.48. The lowest BCUT2D eigenvalue weighted by molar-refractivity contribution is 0.406. The molecule has 3 rings (SSSR count). The van der Waals surface area contributed by atoms with Gasteiger partial charge in [0.25, 0.3) is 0 Å². The normalized spacial score (nSPS) is 16.1. The summed E-state index contributed by atoms with van der Waals surface area (Å²) in [7, 11) is 0. The average Bonchev–Trinajstić information content (AvgIpc) is 2.97. The maximum absolute atomic E-state index is 5.57. The number of pyridine rings is 1. The first-order valence-corrected chi connectivity index (χ1v) is 8.58. The lowest BCUT2D eigenvalue weighted by Gasteiger charge is -2.33. The highest BCUT2D eigenvalue weighted by atomic mass is 32.1.